The lowest BCUT2D eigenvalue weighted by molar-refractivity contribution is 1.10. The molecule has 0 aliphatic carbocycles. The predicted octanol–water partition coefficient (Wildman–Crippen LogP) is 14.7. The molecule has 12 aromatic rings. The van der Waals surface area contributed by atoms with Crippen LogP contribution >= 0.6 is 0 Å². The molecule has 0 amide bonds. The van der Waals surface area contributed by atoms with Crippen LogP contribution in [0, 0.1) is 0 Å². The lowest BCUT2D eigenvalue weighted by Crippen LogP contribution is -1.97. The SMILES string of the molecule is c1ccc(-c2ccc(-c3nc(-c4ccc(-c5cccc(-c6nc7ccccc7c7ccc8c(nc(-c9ccccc9)n8-c8ccccc8)c67)c5)cc4)nc4ccccc34)cc2)cc1. The first-order valence-corrected chi connectivity index (χ1v) is 21.2. The lowest BCUT2D eigenvalue weighted by atomic mass is 9.96. The highest BCUT2D eigenvalue weighted by molar-refractivity contribution is 6.20. The van der Waals surface area contributed by atoms with E-state index in [1.165, 1.54) is 11.1 Å². The Morgan fingerprint density at radius 3 is 1.57 bits per heavy atom. The molecule has 9 aromatic carbocycles. The molecule has 5 heteroatoms. The maximum Gasteiger partial charge on any atom is 0.160 e. The summed E-state index contributed by atoms with van der Waals surface area (Å²) in [4.78, 5) is 21.1. The molecule has 0 unspecified atom stereocenters. The molecule has 294 valence electrons. The van der Waals surface area contributed by atoms with Gasteiger partial charge in [-0.1, -0.05) is 188 Å². The van der Waals surface area contributed by atoms with Gasteiger partial charge >= 0.3 is 0 Å². The summed E-state index contributed by atoms with van der Waals surface area (Å²) in [6, 6.07) is 78.4. The second-order valence-electron chi connectivity index (χ2n) is 15.8. The largest absolute Gasteiger partial charge is 0.292 e. The summed E-state index contributed by atoms with van der Waals surface area (Å²) >= 11 is 0. The quantitative estimate of drug-likeness (QED) is 0.151. The van der Waals surface area contributed by atoms with E-state index in [1.807, 2.05) is 24.3 Å². The summed E-state index contributed by atoms with van der Waals surface area (Å²) in [7, 11) is 0. The van der Waals surface area contributed by atoms with Crippen LogP contribution in [0.3, 0.4) is 0 Å². The van der Waals surface area contributed by atoms with Crippen molar-refractivity contribution in [3.05, 3.63) is 224 Å². The van der Waals surface area contributed by atoms with Gasteiger partial charge < -0.3 is 0 Å². The van der Waals surface area contributed by atoms with Crippen molar-refractivity contribution in [1.82, 2.24) is 24.5 Å². The number of benzene rings is 9. The number of nitrogens with zero attached hydrogens (tertiary/aromatic N) is 5. The van der Waals surface area contributed by atoms with E-state index in [1.54, 1.807) is 0 Å². The van der Waals surface area contributed by atoms with E-state index in [-0.39, 0.29) is 0 Å². The molecule has 3 heterocycles. The number of hydrogen-bond acceptors (Lipinski definition) is 4. The third kappa shape index (κ3) is 6.42. The molecule has 5 nitrogen and oxygen atoms in total. The van der Waals surface area contributed by atoms with E-state index >= 15 is 0 Å². The van der Waals surface area contributed by atoms with Gasteiger partial charge in [-0.15, -0.1) is 0 Å². The van der Waals surface area contributed by atoms with E-state index in [0.717, 1.165) is 99.9 Å². The van der Waals surface area contributed by atoms with Crippen LogP contribution in [-0.4, -0.2) is 24.5 Å². The van der Waals surface area contributed by atoms with Crippen LogP contribution in [0.1, 0.15) is 0 Å². The summed E-state index contributed by atoms with van der Waals surface area (Å²) in [5, 5.41) is 4.28. The molecule has 63 heavy (non-hydrogen) atoms. The minimum absolute atomic E-state index is 0.691. The van der Waals surface area contributed by atoms with Crippen molar-refractivity contribution in [2.24, 2.45) is 0 Å². The molecule has 12 rings (SSSR count). The minimum atomic E-state index is 0.691. The number of hydrogen-bond donors (Lipinski definition) is 0. The van der Waals surface area contributed by atoms with E-state index in [4.69, 9.17) is 19.9 Å². The fourth-order valence-electron chi connectivity index (χ4n) is 8.95. The molecule has 0 saturated heterocycles. The first-order chi connectivity index (χ1) is 31.2. The van der Waals surface area contributed by atoms with Crippen molar-refractivity contribution in [3.63, 3.8) is 0 Å². The zero-order valence-electron chi connectivity index (χ0n) is 34.1. The molecular formula is C58H37N5. The van der Waals surface area contributed by atoms with Crippen molar-refractivity contribution < 1.29 is 0 Å². The fraction of sp³-hybridized carbons (Fsp3) is 0. The normalized spacial score (nSPS) is 11.5. The number of fused-ring (bicyclic) bond motifs is 6. The second-order valence-corrected chi connectivity index (χ2v) is 15.8. The summed E-state index contributed by atoms with van der Waals surface area (Å²) in [5.74, 6) is 1.58. The van der Waals surface area contributed by atoms with Crippen LogP contribution < -0.4 is 0 Å². The summed E-state index contributed by atoms with van der Waals surface area (Å²) in [5.41, 5.74) is 15.3. The highest BCUT2D eigenvalue weighted by atomic mass is 15.1. The molecule has 0 spiro atoms. The molecule has 0 aliphatic rings. The van der Waals surface area contributed by atoms with Gasteiger partial charge in [0, 0.05) is 44.1 Å². The fourth-order valence-corrected chi connectivity index (χ4v) is 8.95. The van der Waals surface area contributed by atoms with Crippen LogP contribution in [0.5, 0.6) is 0 Å². The van der Waals surface area contributed by atoms with E-state index in [9.17, 15) is 0 Å². The smallest absolute Gasteiger partial charge is 0.160 e. The number of para-hydroxylation sites is 3. The van der Waals surface area contributed by atoms with Crippen LogP contribution in [0.4, 0.5) is 0 Å². The number of imidazole rings is 1. The number of aromatic nitrogens is 5. The van der Waals surface area contributed by atoms with E-state index < -0.39 is 0 Å². The highest BCUT2D eigenvalue weighted by Crippen LogP contribution is 2.41. The van der Waals surface area contributed by atoms with Gasteiger partial charge in [0.2, 0.25) is 0 Å². The zero-order valence-corrected chi connectivity index (χ0v) is 34.1. The van der Waals surface area contributed by atoms with Gasteiger partial charge in [-0.2, -0.15) is 0 Å². The molecule has 0 aliphatic heterocycles. The number of rotatable bonds is 7. The van der Waals surface area contributed by atoms with Gasteiger partial charge in [0.1, 0.15) is 5.82 Å². The Kier molecular flexibility index (Phi) is 8.75. The number of pyridine rings is 1. The Morgan fingerprint density at radius 2 is 0.841 bits per heavy atom. The first-order valence-electron chi connectivity index (χ1n) is 21.2. The summed E-state index contributed by atoms with van der Waals surface area (Å²) < 4.78 is 2.27. The Morgan fingerprint density at radius 1 is 0.302 bits per heavy atom. The van der Waals surface area contributed by atoms with Gasteiger partial charge in [-0.25, -0.2) is 19.9 Å². The van der Waals surface area contributed by atoms with Gasteiger partial charge in [-0.3, -0.25) is 4.57 Å². The molecular weight excluding hydrogens is 767 g/mol. The van der Waals surface area contributed by atoms with Crippen LogP contribution in [0.2, 0.25) is 0 Å². The Balaban J connectivity index is 0.963. The van der Waals surface area contributed by atoms with E-state index in [0.29, 0.717) is 5.82 Å². The highest BCUT2D eigenvalue weighted by Gasteiger charge is 2.21. The third-order valence-corrected chi connectivity index (χ3v) is 12.0. The van der Waals surface area contributed by atoms with Gasteiger partial charge in [0.25, 0.3) is 0 Å². The monoisotopic (exact) mass is 803 g/mol. The van der Waals surface area contributed by atoms with Crippen LogP contribution in [-0.2, 0) is 0 Å². The summed E-state index contributed by atoms with van der Waals surface area (Å²) in [6.45, 7) is 0. The minimum Gasteiger partial charge on any atom is -0.292 e. The van der Waals surface area contributed by atoms with Gasteiger partial charge in [0.15, 0.2) is 5.82 Å². The molecule has 0 atom stereocenters. The molecule has 3 aromatic heterocycles. The molecule has 0 fully saturated rings. The van der Waals surface area contributed by atoms with Crippen molar-refractivity contribution in [1.29, 1.82) is 0 Å². The molecule has 0 saturated carbocycles. The van der Waals surface area contributed by atoms with Crippen molar-refractivity contribution in [3.8, 4) is 73.2 Å². The Hall–Kier alpha value is -8.54. The Labute approximate surface area is 364 Å². The van der Waals surface area contributed by atoms with Crippen LogP contribution in [0.15, 0.2) is 224 Å². The average molecular weight is 804 g/mol. The van der Waals surface area contributed by atoms with Gasteiger partial charge in [-0.05, 0) is 64.0 Å². The predicted molar refractivity (Wildman–Crippen MR) is 260 cm³/mol. The third-order valence-electron chi connectivity index (χ3n) is 12.0. The molecule has 0 N–H and O–H groups in total. The van der Waals surface area contributed by atoms with Gasteiger partial charge in [0.05, 0.1) is 33.5 Å². The van der Waals surface area contributed by atoms with Crippen molar-refractivity contribution >= 4 is 43.6 Å². The van der Waals surface area contributed by atoms with E-state index in [2.05, 4.69) is 205 Å². The average Bonchev–Trinajstić information content (AvgIpc) is 3.77. The zero-order chi connectivity index (χ0) is 41.7. The standard InChI is InChI=1S/C58H37N5/c1-4-15-38(16-5-1)39-27-31-41(32-28-39)54-49-24-11-13-26-51(49)60-57(61-54)42-33-29-40(30-34-42)44-19-14-20-45(37-44)55-53-48(47-23-10-12-25-50(47)59-55)35-36-52-56(53)62-58(43-17-6-2-7-18-43)63(52)46-21-8-3-9-22-46/h1-37H. The van der Waals surface area contributed by atoms with Crippen LogP contribution in [0.25, 0.3) is 117 Å². The van der Waals surface area contributed by atoms with Crippen molar-refractivity contribution in [2.45, 2.75) is 0 Å². The topological polar surface area (TPSA) is 56.5 Å². The molecule has 0 bridgehead atoms. The van der Waals surface area contributed by atoms with Crippen molar-refractivity contribution in [2.75, 3.05) is 0 Å². The summed E-state index contributed by atoms with van der Waals surface area (Å²) in [6.07, 6.45) is 0. The Bertz CT molecular complexity index is 3640. The maximum atomic E-state index is 5.47. The molecule has 0 radical (unpaired) electrons. The lowest BCUT2D eigenvalue weighted by Gasteiger charge is -2.13. The second kappa shape index (κ2) is 15.2. The maximum absolute atomic E-state index is 5.47. The first kappa shape index (κ1) is 36.3.